The molecule has 0 radical (unpaired) electrons. The van der Waals surface area contributed by atoms with Gasteiger partial charge in [-0.2, -0.15) is 5.11 Å². The van der Waals surface area contributed by atoms with Gasteiger partial charge < -0.3 is 16.2 Å². The zero-order valence-electron chi connectivity index (χ0n) is 16.3. The number of hydrogen-bond donors (Lipinski definition) is 3. The third-order valence-electron chi connectivity index (χ3n) is 4.71. The van der Waals surface area contributed by atoms with E-state index >= 15 is 0 Å². The van der Waals surface area contributed by atoms with Gasteiger partial charge in [0.15, 0.2) is 5.75 Å². The van der Waals surface area contributed by atoms with E-state index in [1.807, 2.05) is 55.5 Å². The molecule has 0 atom stereocenters. The lowest BCUT2D eigenvalue weighted by Gasteiger charge is -2.11. The summed E-state index contributed by atoms with van der Waals surface area (Å²) in [5, 5.41) is 23.6. The molecule has 0 aliphatic rings. The average molecular weight is 396 g/mol. The molecule has 0 heterocycles. The molecular formula is C24H20N4O2. The average Bonchev–Trinajstić information content (AvgIpc) is 2.75. The first-order chi connectivity index (χ1) is 14.5. The Bertz CT molecular complexity index is 1250. The van der Waals surface area contributed by atoms with Gasteiger partial charge in [-0.1, -0.05) is 42.0 Å². The highest BCUT2D eigenvalue weighted by Gasteiger charge is 2.18. The molecule has 0 aliphatic carbocycles. The van der Waals surface area contributed by atoms with E-state index in [0.717, 1.165) is 10.9 Å². The topological polar surface area (TPSA) is 100 Å². The van der Waals surface area contributed by atoms with E-state index in [1.54, 1.807) is 30.3 Å². The maximum atomic E-state index is 12.9. The molecule has 0 unspecified atom stereocenters. The molecule has 0 spiro atoms. The number of rotatable bonds is 4. The van der Waals surface area contributed by atoms with Gasteiger partial charge in [-0.15, -0.1) is 5.11 Å². The van der Waals surface area contributed by atoms with Gasteiger partial charge in [0, 0.05) is 16.8 Å². The first-order valence-electron chi connectivity index (χ1n) is 9.41. The maximum Gasteiger partial charge on any atom is 0.259 e. The zero-order valence-corrected chi connectivity index (χ0v) is 16.3. The van der Waals surface area contributed by atoms with Crippen molar-refractivity contribution in [2.24, 2.45) is 10.2 Å². The molecular weight excluding hydrogens is 376 g/mol. The van der Waals surface area contributed by atoms with Gasteiger partial charge in [0.2, 0.25) is 0 Å². The number of aromatic hydroxyl groups is 1. The fourth-order valence-electron chi connectivity index (χ4n) is 3.08. The molecule has 6 nitrogen and oxygen atoms in total. The molecule has 6 heteroatoms. The van der Waals surface area contributed by atoms with Crippen LogP contribution in [0.1, 0.15) is 15.9 Å². The number of amides is 1. The third-order valence-corrected chi connectivity index (χ3v) is 4.71. The van der Waals surface area contributed by atoms with Crippen molar-refractivity contribution >= 4 is 39.4 Å². The van der Waals surface area contributed by atoms with Crippen LogP contribution in [-0.4, -0.2) is 11.0 Å². The number of nitrogens with one attached hydrogen (secondary N) is 1. The van der Waals surface area contributed by atoms with Crippen molar-refractivity contribution in [1.82, 2.24) is 0 Å². The smallest absolute Gasteiger partial charge is 0.259 e. The van der Waals surface area contributed by atoms with Crippen molar-refractivity contribution in [3.05, 3.63) is 90.0 Å². The third kappa shape index (κ3) is 3.98. The minimum Gasteiger partial charge on any atom is -0.505 e. The van der Waals surface area contributed by atoms with E-state index in [4.69, 9.17) is 5.73 Å². The number of nitrogens with zero attached hydrogens (tertiary/aromatic N) is 2. The molecule has 0 fully saturated rings. The molecule has 148 valence electrons. The fourth-order valence-corrected chi connectivity index (χ4v) is 3.08. The van der Waals surface area contributed by atoms with Crippen molar-refractivity contribution in [2.75, 3.05) is 11.1 Å². The van der Waals surface area contributed by atoms with Crippen LogP contribution in [-0.2, 0) is 0 Å². The predicted octanol–water partition coefficient (Wildman–Crippen LogP) is 6.10. The first kappa shape index (κ1) is 19.1. The van der Waals surface area contributed by atoms with Crippen LogP contribution in [0.4, 0.5) is 22.7 Å². The summed E-state index contributed by atoms with van der Waals surface area (Å²) >= 11 is 0. The number of carbonyl (C=O) groups excluding carboxylic acids is 1. The van der Waals surface area contributed by atoms with Crippen molar-refractivity contribution in [1.29, 1.82) is 0 Å². The van der Waals surface area contributed by atoms with E-state index in [-0.39, 0.29) is 17.0 Å². The van der Waals surface area contributed by atoms with Gasteiger partial charge in [-0.3, -0.25) is 4.79 Å². The molecule has 0 aromatic heterocycles. The van der Waals surface area contributed by atoms with E-state index in [1.165, 1.54) is 0 Å². The van der Waals surface area contributed by atoms with E-state index in [2.05, 4.69) is 15.5 Å². The Morgan fingerprint density at radius 3 is 2.37 bits per heavy atom. The van der Waals surface area contributed by atoms with Gasteiger partial charge in [0.25, 0.3) is 5.91 Å². The molecule has 0 saturated heterocycles. The molecule has 0 saturated carbocycles. The van der Waals surface area contributed by atoms with Crippen LogP contribution in [0.5, 0.6) is 5.75 Å². The number of phenolic OH excluding ortho intramolecular Hbond substituents is 1. The molecule has 0 aliphatic heterocycles. The number of hydrogen-bond acceptors (Lipinski definition) is 5. The van der Waals surface area contributed by atoms with Crippen molar-refractivity contribution in [3.63, 3.8) is 0 Å². The number of phenols is 1. The highest BCUT2D eigenvalue weighted by molar-refractivity contribution is 6.11. The van der Waals surface area contributed by atoms with Crippen molar-refractivity contribution < 1.29 is 9.90 Å². The lowest BCUT2D eigenvalue weighted by molar-refractivity contribution is 0.102. The zero-order chi connectivity index (χ0) is 21.1. The highest BCUT2D eigenvalue weighted by Crippen LogP contribution is 2.39. The Hall–Kier alpha value is -4.19. The van der Waals surface area contributed by atoms with Gasteiger partial charge in [-0.05, 0) is 54.8 Å². The summed E-state index contributed by atoms with van der Waals surface area (Å²) in [6, 6.07) is 23.4. The standard InChI is InChI=1S/C24H20N4O2/c1-15-6-10-18(11-7-15)26-24(30)21-14-16-4-2-3-5-20(16)22(23(21)29)28-27-19-12-8-17(25)9-13-19/h2-14,29H,25H2,1H3,(H,26,30). The van der Waals surface area contributed by atoms with E-state index in [0.29, 0.717) is 22.4 Å². The number of benzene rings is 4. The quantitative estimate of drug-likeness (QED) is 0.287. The Labute approximate surface area is 173 Å². The summed E-state index contributed by atoms with van der Waals surface area (Å²) in [7, 11) is 0. The van der Waals surface area contributed by atoms with Crippen molar-refractivity contribution in [2.45, 2.75) is 6.92 Å². The molecule has 4 N–H and O–H groups in total. The van der Waals surface area contributed by atoms with E-state index in [9.17, 15) is 9.90 Å². The SMILES string of the molecule is Cc1ccc(NC(=O)c2cc3ccccc3c(N=Nc3ccc(N)cc3)c2O)cc1. The Balaban J connectivity index is 1.75. The molecule has 0 bridgehead atoms. The van der Waals surface area contributed by atoms with Gasteiger partial charge in [0.1, 0.15) is 5.69 Å². The first-order valence-corrected chi connectivity index (χ1v) is 9.41. The van der Waals surface area contributed by atoms with Crippen LogP contribution in [0.25, 0.3) is 10.8 Å². The van der Waals surface area contributed by atoms with Gasteiger partial charge >= 0.3 is 0 Å². The second kappa shape index (κ2) is 8.05. The highest BCUT2D eigenvalue weighted by atomic mass is 16.3. The van der Waals surface area contributed by atoms with Crippen LogP contribution in [0.3, 0.4) is 0 Å². The largest absolute Gasteiger partial charge is 0.505 e. The molecule has 30 heavy (non-hydrogen) atoms. The van der Waals surface area contributed by atoms with Crippen LogP contribution < -0.4 is 11.1 Å². The summed E-state index contributed by atoms with van der Waals surface area (Å²) in [5.74, 6) is -0.649. The predicted molar refractivity (Wildman–Crippen MR) is 120 cm³/mol. The number of nitrogen functional groups attached to an aromatic ring is 1. The minimum atomic E-state index is -0.425. The normalized spacial score (nSPS) is 11.1. The lowest BCUT2D eigenvalue weighted by Crippen LogP contribution is -2.12. The van der Waals surface area contributed by atoms with Gasteiger partial charge in [-0.25, -0.2) is 0 Å². The fraction of sp³-hybridized carbons (Fsp3) is 0.0417. The molecule has 4 aromatic carbocycles. The number of aryl methyl sites for hydroxylation is 1. The van der Waals surface area contributed by atoms with Crippen LogP contribution in [0, 0.1) is 6.92 Å². The summed E-state index contributed by atoms with van der Waals surface area (Å²) in [6.07, 6.45) is 0. The van der Waals surface area contributed by atoms with Crippen molar-refractivity contribution in [3.8, 4) is 5.75 Å². The number of carbonyl (C=O) groups is 1. The molecule has 4 rings (SSSR count). The second-order valence-electron chi connectivity index (χ2n) is 6.95. The maximum absolute atomic E-state index is 12.9. The Morgan fingerprint density at radius 2 is 1.63 bits per heavy atom. The summed E-state index contributed by atoms with van der Waals surface area (Å²) < 4.78 is 0. The Morgan fingerprint density at radius 1 is 0.933 bits per heavy atom. The lowest BCUT2D eigenvalue weighted by atomic mass is 10.0. The van der Waals surface area contributed by atoms with Gasteiger partial charge in [0.05, 0.1) is 11.3 Å². The molecule has 4 aromatic rings. The second-order valence-corrected chi connectivity index (χ2v) is 6.95. The number of azo groups is 1. The van der Waals surface area contributed by atoms with Crippen LogP contribution >= 0.6 is 0 Å². The monoisotopic (exact) mass is 396 g/mol. The van der Waals surface area contributed by atoms with E-state index < -0.39 is 5.91 Å². The number of nitrogens with two attached hydrogens (primary N) is 1. The van der Waals surface area contributed by atoms with Crippen LogP contribution in [0.2, 0.25) is 0 Å². The molecule has 1 amide bonds. The summed E-state index contributed by atoms with van der Waals surface area (Å²) in [5.41, 5.74) is 9.00. The minimum absolute atomic E-state index is 0.125. The summed E-state index contributed by atoms with van der Waals surface area (Å²) in [4.78, 5) is 12.9. The summed E-state index contributed by atoms with van der Waals surface area (Å²) in [6.45, 7) is 1.97. The number of anilines is 2. The van der Waals surface area contributed by atoms with Crippen LogP contribution in [0.15, 0.2) is 89.1 Å². The number of fused-ring (bicyclic) bond motifs is 1. The Kier molecular flexibility index (Phi) is 5.13.